The summed E-state index contributed by atoms with van der Waals surface area (Å²) in [6, 6.07) is 2.06. The van der Waals surface area contributed by atoms with E-state index in [0.717, 1.165) is 24.3 Å². The zero-order valence-corrected chi connectivity index (χ0v) is 17.2. The molecule has 8 nitrogen and oxygen atoms in total. The van der Waals surface area contributed by atoms with Crippen molar-refractivity contribution in [3.63, 3.8) is 0 Å². The predicted octanol–water partition coefficient (Wildman–Crippen LogP) is 1.34. The number of anilines is 1. The van der Waals surface area contributed by atoms with E-state index in [2.05, 4.69) is 46.8 Å². The van der Waals surface area contributed by atoms with Crippen LogP contribution >= 0.6 is 0 Å². The molecule has 8 heteroatoms. The molecule has 0 spiro atoms. The summed E-state index contributed by atoms with van der Waals surface area (Å²) in [4.78, 5) is 11.1. The molecule has 2 aliphatic heterocycles. The molecule has 0 aliphatic carbocycles. The van der Waals surface area contributed by atoms with Crippen molar-refractivity contribution in [2.75, 3.05) is 44.4 Å². The second-order valence-electron chi connectivity index (χ2n) is 8.91. The molecular weight excluding hydrogens is 358 g/mol. The van der Waals surface area contributed by atoms with Crippen molar-refractivity contribution in [1.29, 1.82) is 0 Å². The number of hydrogen-bond acceptors (Lipinski definition) is 8. The maximum Gasteiger partial charge on any atom is 0.176 e. The number of hydrogen-bond donors (Lipinski definition) is 2. The summed E-state index contributed by atoms with van der Waals surface area (Å²) in [5.41, 5.74) is 3.24. The summed E-state index contributed by atoms with van der Waals surface area (Å²) in [5, 5.41) is 13.3. The van der Waals surface area contributed by atoms with Crippen LogP contribution in [-0.4, -0.2) is 67.8 Å². The van der Waals surface area contributed by atoms with Gasteiger partial charge < -0.3 is 25.3 Å². The van der Waals surface area contributed by atoms with E-state index >= 15 is 0 Å². The van der Waals surface area contributed by atoms with Crippen LogP contribution in [0.15, 0.2) is 22.4 Å². The lowest BCUT2D eigenvalue weighted by atomic mass is 9.82. The minimum atomic E-state index is -0.341. The fourth-order valence-corrected chi connectivity index (χ4v) is 3.37. The van der Waals surface area contributed by atoms with Gasteiger partial charge in [0, 0.05) is 23.9 Å². The van der Waals surface area contributed by atoms with Crippen LogP contribution in [-0.2, 0) is 9.47 Å². The van der Waals surface area contributed by atoms with Crippen molar-refractivity contribution in [1.82, 2.24) is 4.98 Å². The van der Waals surface area contributed by atoms with E-state index in [1.807, 2.05) is 13.1 Å². The van der Waals surface area contributed by atoms with Crippen LogP contribution in [0.25, 0.3) is 0 Å². The number of aliphatic hydroxyl groups excluding tert-OH is 1. The number of nitrogens with zero attached hydrogens (tertiary/aromatic N) is 4. The van der Waals surface area contributed by atoms with Gasteiger partial charge in [-0.1, -0.05) is 20.8 Å². The van der Waals surface area contributed by atoms with Gasteiger partial charge in [-0.15, -0.1) is 0 Å². The highest BCUT2D eigenvalue weighted by Crippen LogP contribution is 2.33. The van der Waals surface area contributed by atoms with Crippen LogP contribution in [0.2, 0.25) is 0 Å². The first-order valence-electron chi connectivity index (χ1n) is 9.59. The Labute approximate surface area is 166 Å². The Morgan fingerprint density at radius 2 is 2.04 bits per heavy atom. The predicted molar refractivity (Wildman–Crippen MR) is 110 cm³/mol. The van der Waals surface area contributed by atoms with E-state index in [-0.39, 0.29) is 23.7 Å². The molecule has 1 aromatic rings. The van der Waals surface area contributed by atoms with Crippen molar-refractivity contribution in [2.45, 2.75) is 34.0 Å². The molecule has 3 rings (SSSR count). The molecule has 2 fully saturated rings. The highest BCUT2D eigenvalue weighted by atomic mass is 16.7. The number of nitrogens with two attached hydrogens (primary N) is 1. The van der Waals surface area contributed by atoms with E-state index in [4.69, 9.17) is 15.3 Å². The Balaban J connectivity index is 1.60. The molecule has 0 radical (unpaired) electrons. The van der Waals surface area contributed by atoms with E-state index < -0.39 is 0 Å². The Bertz CT molecular complexity index is 746. The summed E-state index contributed by atoms with van der Waals surface area (Å²) in [7, 11) is 0. The third-order valence-electron chi connectivity index (χ3n) is 5.13. The monoisotopic (exact) mass is 389 g/mol. The van der Waals surface area contributed by atoms with Crippen molar-refractivity contribution < 1.29 is 14.6 Å². The minimum Gasteiger partial charge on any atom is -0.396 e. The molecule has 0 amide bonds. The lowest BCUT2D eigenvalue weighted by Crippen LogP contribution is -2.56. The normalized spacial score (nSPS) is 22.5. The summed E-state index contributed by atoms with van der Waals surface area (Å²) in [5.74, 6) is 5.57. The summed E-state index contributed by atoms with van der Waals surface area (Å²) < 4.78 is 11.4. The van der Waals surface area contributed by atoms with E-state index in [0.29, 0.717) is 31.2 Å². The molecule has 1 aromatic heterocycles. The third-order valence-corrected chi connectivity index (χ3v) is 5.13. The maximum atomic E-state index is 9.41. The molecule has 0 bridgehead atoms. The first kappa shape index (κ1) is 20.7. The SMILES string of the molecule is Cc1cc(N2CC(C)(CO)C2)cnc1/C(C=NCC1OCC(C)(C)CO1)=N/N. The summed E-state index contributed by atoms with van der Waals surface area (Å²) in [6.07, 6.45) is 3.09. The fourth-order valence-electron chi connectivity index (χ4n) is 3.37. The number of aryl methyl sites for hydroxylation is 1. The number of aliphatic hydroxyl groups is 1. The lowest BCUT2D eigenvalue weighted by Gasteiger charge is -2.48. The number of rotatable bonds is 6. The first-order chi connectivity index (χ1) is 13.3. The zero-order chi connectivity index (χ0) is 20.4. The second kappa shape index (κ2) is 8.14. The third kappa shape index (κ3) is 4.68. The van der Waals surface area contributed by atoms with E-state index in [1.54, 1.807) is 6.21 Å². The molecule has 0 atom stereocenters. The van der Waals surface area contributed by atoms with Gasteiger partial charge in [-0.25, -0.2) is 0 Å². The van der Waals surface area contributed by atoms with Crippen LogP contribution in [0, 0.1) is 17.8 Å². The molecule has 0 aromatic carbocycles. The Hall–Kier alpha value is -2.03. The standard InChI is InChI=1S/C20H31N5O3/c1-14-5-15(25-9-20(4,10-25)11-26)6-23-18(14)16(24-21)7-22-8-17-27-12-19(2,3)13-28-17/h5-7,17,26H,8-13,21H2,1-4H3/b22-7?,24-16+. The summed E-state index contributed by atoms with van der Waals surface area (Å²) in [6.45, 7) is 11.8. The molecule has 3 N–H and O–H groups in total. The number of aromatic nitrogens is 1. The average molecular weight is 390 g/mol. The molecule has 154 valence electrons. The summed E-state index contributed by atoms with van der Waals surface area (Å²) >= 11 is 0. The smallest absolute Gasteiger partial charge is 0.176 e. The van der Waals surface area contributed by atoms with E-state index in [1.165, 1.54) is 0 Å². The lowest BCUT2D eigenvalue weighted by molar-refractivity contribution is -0.215. The second-order valence-corrected chi connectivity index (χ2v) is 8.91. The van der Waals surface area contributed by atoms with Crippen LogP contribution < -0.4 is 10.7 Å². The molecule has 2 saturated heterocycles. The Kier molecular flexibility index (Phi) is 6.02. The van der Waals surface area contributed by atoms with Gasteiger partial charge in [-0.05, 0) is 18.6 Å². The zero-order valence-electron chi connectivity index (χ0n) is 17.2. The maximum absolute atomic E-state index is 9.41. The average Bonchev–Trinajstić information content (AvgIpc) is 2.64. The highest BCUT2D eigenvalue weighted by molar-refractivity contribution is 6.37. The van der Waals surface area contributed by atoms with Crippen molar-refractivity contribution >= 4 is 17.6 Å². The highest BCUT2D eigenvalue weighted by Gasteiger charge is 2.38. The Morgan fingerprint density at radius 3 is 2.61 bits per heavy atom. The molecule has 0 unspecified atom stereocenters. The van der Waals surface area contributed by atoms with Gasteiger partial charge in [0.05, 0.1) is 50.2 Å². The van der Waals surface area contributed by atoms with Crippen LogP contribution in [0.5, 0.6) is 0 Å². The number of aliphatic imine (C=N–C) groups is 1. The van der Waals surface area contributed by atoms with Crippen LogP contribution in [0.4, 0.5) is 5.69 Å². The number of ether oxygens (including phenoxy) is 2. The number of pyridine rings is 1. The first-order valence-corrected chi connectivity index (χ1v) is 9.59. The molecule has 0 saturated carbocycles. The molecule has 28 heavy (non-hydrogen) atoms. The van der Waals surface area contributed by atoms with Crippen molar-refractivity contribution in [3.8, 4) is 0 Å². The minimum absolute atomic E-state index is 0.0262. The van der Waals surface area contributed by atoms with Gasteiger partial charge >= 0.3 is 0 Å². The van der Waals surface area contributed by atoms with E-state index in [9.17, 15) is 5.11 Å². The van der Waals surface area contributed by atoms with Crippen LogP contribution in [0.1, 0.15) is 32.0 Å². The van der Waals surface area contributed by atoms with Gasteiger partial charge in [0.2, 0.25) is 0 Å². The van der Waals surface area contributed by atoms with Gasteiger partial charge in [0.1, 0.15) is 5.71 Å². The molecule has 2 aliphatic rings. The van der Waals surface area contributed by atoms with Gasteiger partial charge in [0.15, 0.2) is 6.29 Å². The van der Waals surface area contributed by atoms with Crippen molar-refractivity contribution in [3.05, 3.63) is 23.5 Å². The molecular formula is C20H31N5O3. The van der Waals surface area contributed by atoms with Gasteiger partial charge in [-0.2, -0.15) is 5.10 Å². The van der Waals surface area contributed by atoms with Gasteiger partial charge in [-0.3, -0.25) is 9.98 Å². The quantitative estimate of drug-likeness (QED) is 0.432. The topological polar surface area (TPSA) is 106 Å². The van der Waals surface area contributed by atoms with Crippen molar-refractivity contribution in [2.24, 2.45) is 26.8 Å². The molecule has 3 heterocycles. The Morgan fingerprint density at radius 1 is 1.36 bits per heavy atom. The van der Waals surface area contributed by atoms with Gasteiger partial charge in [0.25, 0.3) is 0 Å². The number of hydrazone groups is 1. The largest absolute Gasteiger partial charge is 0.396 e. The van der Waals surface area contributed by atoms with Crippen LogP contribution in [0.3, 0.4) is 0 Å². The fraction of sp³-hybridized carbons (Fsp3) is 0.650.